The first-order chi connectivity index (χ1) is 9.38. The van der Waals surface area contributed by atoms with Gasteiger partial charge in [-0.1, -0.05) is 0 Å². The number of rotatable bonds is 3. The number of nitrogens with zero attached hydrogens (tertiary/aromatic N) is 1. The fourth-order valence-corrected chi connectivity index (χ4v) is 3.18. The van der Waals surface area contributed by atoms with Crippen molar-refractivity contribution in [3.05, 3.63) is 21.9 Å². The molecule has 0 spiro atoms. The van der Waals surface area contributed by atoms with Gasteiger partial charge in [0.25, 0.3) is 0 Å². The lowest BCUT2D eigenvalue weighted by Crippen LogP contribution is -2.46. The first-order valence-corrected chi connectivity index (χ1v) is 7.24. The normalized spacial score (nSPS) is 23.6. The van der Waals surface area contributed by atoms with E-state index in [2.05, 4.69) is 5.32 Å². The number of carbonyl (C=O) groups is 2. The van der Waals surface area contributed by atoms with Gasteiger partial charge in [-0.3, -0.25) is 0 Å². The van der Waals surface area contributed by atoms with Crippen LogP contribution < -0.4 is 5.32 Å². The fraction of sp³-hybridized carbons (Fsp3) is 0.538. The lowest BCUT2D eigenvalue weighted by atomic mass is 10.2. The Balaban J connectivity index is 2.02. The number of hydrogen-bond donors (Lipinski definition) is 3. The Morgan fingerprint density at radius 2 is 2.20 bits per heavy atom. The Labute approximate surface area is 121 Å². The first kappa shape index (κ1) is 14.8. The molecular formula is C13H18N2O4S. The van der Waals surface area contributed by atoms with E-state index in [-0.39, 0.29) is 19.0 Å². The van der Waals surface area contributed by atoms with Crippen molar-refractivity contribution in [2.45, 2.75) is 38.5 Å². The van der Waals surface area contributed by atoms with Gasteiger partial charge in [-0.2, -0.15) is 0 Å². The van der Waals surface area contributed by atoms with Gasteiger partial charge in [0.15, 0.2) is 0 Å². The van der Waals surface area contributed by atoms with Crippen LogP contribution in [-0.2, 0) is 4.79 Å². The molecule has 3 N–H and O–H groups in total. The predicted octanol–water partition coefficient (Wildman–Crippen LogP) is 1.35. The first-order valence-electron chi connectivity index (χ1n) is 6.43. The molecule has 1 aromatic heterocycles. The topological polar surface area (TPSA) is 89.9 Å². The van der Waals surface area contributed by atoms with Gasteiger partial charge >= 0.3 is 12.0 Å². The summed E-state index contributed by atoms with van der Waals surface area (Å²) in [6, 6.07) is 2.32. The molecule has 110 valence electrons. The van der Waals surface area contributed by atoms with Crippen LogP contribution in [0, 0.1) is 6.92 Å². The number of likely N-dealkylation sites (tertiary alicyclic amines) is 1. The van der Waals surface area contributed by atoms with Gasteiger partial charge in [-0.25, -0.2) is 9.59 Å². The standard InChI is InChI=1S/C13H18N2O4S/c1-7-3-4-11(20-7)8(2)14-13(19)15-6-9(16)5-10(15)12(17)18/h3-4,8-10,16H,5-6H2,1-2H3,(H,14,19)(H,17,18)/t8?,9?,10-/m0/s1. The molecule has 1 aliphatic rings. The number of hydrogen-bond acceptors (Lipinski definition) is 4. The summed E-state index contributed by atoms with van der Waals surface area (Å²) in [6.07, 6.45) is -0.698. The number of thiophene rings is 1. The molecule has 1 saturated heterocycles. The summed E-state index contributed by atoms with van der Waals surface area (Å²) in [6.45, 7) is 3.89. The van der Waals surface area contributed by atoms with Gasteiger partial charge in [-0.05, 0) is 26.0 Å². The molecule has 3 atom stereocenters. The van der Waals surface area contributed by atoms with Crippen molar-refractivity contribution in [3.8, 4) is 0 Å². The van der Waals surface area contributed by atoms with Crippen molar-refractivity contribution in [1.82, 2.24) is 10.2 Å². The zero-order chi connectivity index (χ0) is 14.9. The van der Waals surface area contributed by atoms with E-state index in [0.717, 1.165) is 9.75 Å². The largest absolute Gasteiger partial charge is 0.480 e. The maximum absolute atomic E-state index is 12.1. The monoisotopic (exact) mass is 298 g/mol. The summed E-state index contributed by atoms with van der Waals surface area (Å²) in [5, 5.41) is 21.4. The molecule has 0 aromatic carbocycles. The quantitative estimate of drug-likeness (QED) is 0.785. The minimum absolute atomic E-state index is 0.0546. The highest BCUT2D eigenvalue weighted by Gasteiger charge is 2.39. The van der Waals surface area contributed by atoms with Gasteiger partial charge in [0, 0.05) is 22.7 Å². The molecule has 1 fully saturated rings. The number of nitrogens with one attached hydrogen (secondary N) is 1. The molecule has 0 aliphatic carbocycles. The maximum atomic E-state index is 12.1. The SMILES string of the molecule is Cc1ccc(C(C)NC(=O)N2CC(O)C[C@H]2C(=O)O)s1. The molecule has 6 nitrogen and oxygen atoms in total. The molecule has 20 heavy (non-hydrogen) atoms. The van der Waals surface area contributed by atoms with Crippen LogP contribution in [0.15, 0.2) is 12.1 Å². The number of β-amino-alcohol motifs (C(OH)–C–C–N with tert-alkyl or cyclic N) is 1. The van der Waals surface area contributed by atoms with Crippen molar-refractivity contribution < 1.29 is 19.8 Å². The zero-order valence-corrected chi connectivity index (χ0v) is 12.2. The molecule has 2 amide bonds. The Bertz CT molecular complexity index is 516. The second-order valence-electron chi connectivity index (χ2n) is 5.02. The number of carboxylic acids is 1. The fourth-order valence-electron chi connectivity index (χ4n) is 2.30. The summed E-state index contributed by atoms with van der Waals surface area (Å²) in [5.41, 5.74) is 0. The van der Waals surface area contributed by atoms with Crippen LogP contribution in [0.3, 0.4) is 0 Å². The number of aliphatic hydroxyl groups excluding tert-OH is 1. The summed E-state index contributed by atoms with van der Waals surface area (Å²) in [7, 11) is 0. The van der Waals surface area contributed by atoms with Crippen LogP contribution in [0.25, 0.3) is 0 Å². The lowest BCUT2D eigenvalue weighted by molar-refractivity contribution is -0.141. The third-order valence-corrected chi connectivity index (χ3v) is 4.54. The summed E-state index contributed by atoms with van der Waals surface area (Å²) in [5.74, 6) is -1.09. The van der Waals surface area contributed by atoms with Gasteiger partial charge in [-0.15, -0.1) is 11.3 Å². The molecular weight excluding hydrogens is 280 g/mol. The van der Waals surface area contributed by atoms with Crippen LogP contribution in [0.4, 0.5) is 4.79 Å². The Kier molecular flexibility index (Phi) is 4.29. The lowest BCUT2D eigenvalue weighted by Gasteiger charge is -2.23. The van der Waals surface area contributed by atoms with Crippen LogP contribution >= 0.6 is 11.3 Å². The number of aliphatic hydroxyl groups is 1. The molecule has 2 heterocycles. The van der Waals surface area contributed by atoms with Crippen molar-refractivity contribution in [1.29, 1.82) is 0 Å². The van der Waals surface area contributed by atoms with E-state index in [9.17, 15) is 14.7 Å². The van der Waals surface area contributed by atoms with Gasteiger partial charge < -0.3 is 20.4 Å². The van der Waals surface area contributed by atoms with Crippen LogP contribution in [0.2, 0.25) is 0 Å². The van der Waals surface area contributed by atoms with E-state index >= 15 is 0 Å². The average molecular weight is 298 g/mol. The number of carbonyl (C=O) groups excluding carboxylic acids is 1. The summed E-state index contributed by atoms with van der Waals surface area (Å²) < 4.78 is 0. The average Bonchev–Trinajstić information content (AvgIpc) is 2.95. The highest BCUT2D eigenvalue weighted by molar-refractivity contribution is 7.12. The second kappa shape index (κ2) is 5.80. The van der Waals surface area contributed by atoms with Crippen molar-refractivity contribution in [3.63, 3.8) is 0 Å². The zero-order valence-electron chi connectivity index (χ0n) is 11.4. The summed E-state index contributed by atoms with van der Waals surface area (Å²) in [4.78, 5) is 26.6. The van der Waals surface area contributed by atoms with E-state index < -0.39 is 24.1 Å². The van der Waals surface area contributed by atoms with Gasteiger partial charge in [0.1, 0.15) is 6.04 Å². The number of aliphatic carboxylic acids is 1. The number of aryl methyl sites for hydroxylation is 1. The maximum Gasteiger partial charge on any atom is 0.326 e. The van der Waals surface area contributed by atoms with Crippen LogP contribution in [0.5, 0.6) is 0 Å². The van der Waals surface area contributed by atoms with E-state index in [4.69, 9.17) is 5.11 Å². The molecule has 0 bridgehead atoms. The highest BCUT2D eigenvalue weighted by Crippen LogP contribution is 2.24. The van der Waals surface area contributed by atoms with Gasteiger partial charge in [0.2, 0.25) is 0 Å². The van der Waals surface area contributed by atoms with Crippen LogP contribution in [0.1, 0.15) is 29.1 Å². The van der Waals surface area contributed by atoms with Gasteiger partial charge in [0.05, 0.1) is 12.1 Å². The smallest absolute Gasteiger partial charge is 0.326 e. The van der Waals surface area contributed by atoms with Crippen molar-refractivity contribution in [2.24, 2.45) is 0 Å². The van der Waals surface area contributed by atoms with E-state index in [1.165, 1.54) is 4.90 Å². The third-order valence-electron chi connectivity index (χ3n) is 3.35. The molecule has 2 rings (SSSR count). The Morgan fingerprint density at radius 1 is 1.50 bits per heavy atom. The van der Waals surface area contributed by atoms with E-state index in [0.29, 0.717) is 0 Å². The van der Waals surface area contributed by atoms with Crippen LogP contribution in [-0.4, -0.2) is 45.8 Å². The van der Waals surface area contributed by atoms with Crippen molar-refractivity contribution >= 4 is 23.3 Å². The Hall–Kier alpha value is -1.60. The van der Waals surface area contributed by atoms with E-state index in [1.807, 2.05) is 26.0 Å². The number of urea groups is 1. The Morgan fingerprint density at radius 3 is 2.75 bits per heavy atom. The number of amides is 2. The molecule has 0 saturated carbocycles. The molecule has 7 heteroatoms. The third kappa shape index (κ3) is 3.10. The minimum atomic E-state index is -1.09. The summed E-state index contributed by atoms with van der Waals surface area (Å²) >= 11 is 1.59. The molecule has 0 radical (unpaired) electrons. The van der Waals surface area contributed by atoms with E-state index in [1.54, 1.807) is 11.3 Å². The van der Waals surface area contributed by atoms with Crippen molar-refractivity contribution in [2.75, 3.05) is 6.54 Å². The minimum Gasteiger partial charge on any atom is -0.480 e. The predicted molar refractivity (Wildman–Crippen MR) is 74.8 cm³/mol. The number of carboxylic acid groups (broad SMARTS) is 1. The second-order valence-corrected chi connectivity index (χ2v) is 6.33. The molecule has 1 aliphatic heterocycles. The molecule has 1 aromatic rings. The molecule has 2 unspecified atom stereocenters. The highest BCUT2D eigenvalue weighted by atomic mass is 32.1.